The molecule has 1 aliphatic heterocycles. The van der Waals surface area contributed by atoms with Crippen LogP contribution in [0.15, 0.2) is 30.9 Å². The van der Waals surface area contributed by atoms with Gasteiger partial charge in [-0.15, -0.1) is 0 Å². The fourth-order valence-electron chi connectivity index (χ4n) is 3.87. The summed E-state index contributed by atoms with van der Waals surface area (Å²) in [6.45, 7) is 1.31. The van der Waals surface area contributed by atoms with Crippen LogP contribution in [0.2, 0.25) is 0 Å². The van der Waals surface area contributed by atoms with Crippen molar-refractivity contribution in [1.29, 1.82) is 0 Å². The number of nitrogens with zero attached hydrogens (tertiary/aromatic N) is 7. The molecule has 9 nitrogen and oxygen atoms in total. The normalized spacial score (nSPS) is 19.2. The highest BCUT2D eigenvalue weighted by Gasteiger charge is 2.37. The van der Waals surface area contributed by atoms with Crippen molar-refractivity contribution in [2.45, 2.75) is 18.6 Å². The van der Waals surface area contributed by atoms with Crippen LogP contribution in [0.3, 0.4) is 0 Å². The lowest BCUT2D eigenvalue weighted by molar-refractivity contribution is 0.0906. The molecule has 1 fully saturated rings. The molecule has 3 aromatic heterocycles. The van der Waals surface area contributed by atoms with E-state index in [0.29, 0.717) is 36.5 Å². The van der Waals surface area contributed by atoms with Crippen LogP contribution in [0.4, 0.5) is 10.2 Å². The highest BCUT2D eigenvalue weighted by atomic mass is 19.1. The van der Waals surface area contributed by atoms with Crippen molar-refractivity contribution >= 4 is 28.0 Å². The van der Waals surface area contributed by atoms with E-state index in [1.807, 2.05) is 14.1 Å². The van der Waals surface area contributed by atoms with E-state index in [1.165, 1.54) is 12.4 Å². The van der Waals surface area contributed by atoms with E-state index >= 15 is 0 Å². The number of rotatable bonds is 6. The van der Waals surface area contributed by atoms with Gasteiger partial charge < -0.3 is 14.9 Å². The number of anilines is 1. The fourth-order valence-corrected chi connectivity index (χ4v) is 3.87. The second-order valence-corrected chi connectivity index (χ2v) is 7.34. The molecule has 0 bridgehead atoms. The monoisotopic (exact) mass is 394 g/mol. The Morgan fingerprint density at radius 1 is 1.28 bits per heavy atom. The molecule has 4 heterocycles. The van der Waals surface area contributed by atoms with Crippen LogP contribution in [-0.2, 0) is 6.42 Å². The smallest absolute Gasteiger partial charge is 0.162 e. The number of hydrogen-bond acceptors (Lipinski definition) is 6. The van der Waals surface area contributed by atoms with Gasteiger partial charge in [-0.25, -0.2) is 29.6 Å². The number of halogens is 1. The number of fused-ring (bicyclic) bond motifs is 2. The Bertz CT molecular complexity index is 1170. The molecule has 29 heavy (non-hydrogen) atoms. The zero-order valence-electron chi connectivity index (χ0n) is 16.2. The summed E-state index contributed by atoms with van der Waals surface area (Å²) in [7, 11) is 4.01. The molecule has 1 radical (unpaired) electrons. The Balaban J connectivity index is 1.43. The van der Waals surface area contributed by atoms with E-state index in [1.54, 1.807) is 18.5 Å². The first kappa shape index (κ1) is 18.0. The van der Waals surface area contributed by atoms with Gasteiger partial charge >= 0.3 is 0 Å². The van der Waals surface area contributed by atoms with Gasteiger partial charge in [-0.05, 0) is 32.3 Å². The van der Waals surface area contributed by atoms with E-state index < -0.39 is 0 Å². The number of aromatic amines is 1. The third kappa shape index (κ3) is 3.10. The zero-order chi connectivity index (χ0) is 20.0. The van der Waals surface area contributed by atoms with Gasteiger partial charge in [0.2, 0.25) is 0 Å². The summed E-state index contributed by atoms with van der Waals surface area (Å²) in [5.41, 5.74) is 3.00. The van der Waals surface area contributed by atoms with Crippen molar-refractivity contribution in [2.75, 3.05) is 32.5 Å². The van der Waals surface area contributed by atoms with Crippen LogP contribution in [0, 0.1) is 5.82 Å². The Kier molecular flexibility index (Phi) is 4.36. The maximum Gasteiger partial charge on any atom is 0.162 e. The number of likely N-dealkylation sites (N-methyl/N-ethyl adjacent to an activating group) is 1. The summed E-state index contributed by atoms with van der Waals surface area (Å²) in [5.74, 6) is 1.31. The zero-order valence-corrected chi connectivity index (χ0v) is 16.2. The van der Waals surface area contributed by atoms with Gasteiger partial charge in [-0.2, -0.15) is 0 Å². The average Bonchev–Trinajstić information content (AvgIpc) is 3.26. The van der Waals surface area contributed by atoms with Crippen molar-refractivity contribution in [2.24, 2.45) is 0 Å². The molecule has 0 aliphatic carbocycles. The molecule has 149 valence electrons. The lowest BCUT2D eigenvalue weighted by atomic mass is 10.1. The molecule has 1 aliphatic rings. The Labute approximate surface area is 166 Å². The molecule has 2 unspecified atom stereocenters. The van der Waals surface area contributed by atoms with Gasteiger partial charge in [0.1, 0.15) is 23.5 Å². The molecule has 0 saturated carbocycles. The number of H-pyrrole nitrogens is 1. The van der Waals surface area contributed by atoms with E-state index in [4.69, 9.17) is 4.98 Å². The van der Waals surface area contributed by atoms with Gasteiger partial charge in [0.05, 0.1) is 29.6 Å². The molecule has 1 saturated heterocycles. The lowest BCUT2D eigenvalue weighted by Crippen LogP contribution is -2.56. The minimum absolute atomic E-state index is 0.0629. The topological polar surface area (TPSA) is 102 Å². The van der Waals surface area contributed by atoms with E-state index in [0.717, 1.165) is 16.9 Å². The van der Waals surface area contributed by atoms with Crippen molar-refractivity contribution in [3.8, 4) is 0 Å². The maximum atomic E-state index is 13.9. The summed E-state index contributed by atoms with van der Waals surface area (Å²) >= 11 is 0. The van der Waals surface area contributed by atoms with Crippen LogP contribution < -0.4 is 10.6 Å². The summed E-state index contributed by atoms with van der Waals surface area (Å²) in [5, 5.41) is 7.89. The number of benzene rings is 1. The molecule has 2 N–H and O–H groups in total. The highest BCUT2D eigenvalue weighted by molar-refractivity contribution is 5.82. The average molecular weight is 394 g/mol. The van der Waals surface area contributed by atoms with Gasteiger partial charge in [0.25, 0.3) is 0 Å². The first-order valence-corrected chi connectivity index (χ1v) is 9.49. The minimum atomic E-state index is -0.261. The van der Waals surface area contributed by atoms with Crippen LogP contribution >= 0.6 is 0 Å². The van der Waals surface area contributed by atoms with Crippen molar-refractivity contribution in [3.05, 3.63) is 42.5 Å². The number of imidazole rings is 2. The molecule has 0 spiro atoms. The third-order valence-corrected chi connectivity index (χ3v) is 5.27. The summed E-state index contributed by atoms with van der Waals surface area (Å²) in [6.07, 6.45) is 3.81. The van der Waals surface area contributed by atoms with Gasteiger partial charge in [-0.3, -0.25) is 4.90 Å². The molecular formula is C19H21FN9. The van der Waals surface area contributed by atoms with E-state index in [9.17, 15) is 4.39 Å². The predicted molar refractivity (Wildman–Crippen MR) is 107 cm³/mol. The van der Waals surface area contributed by atoms with Crippen molar-refractivity contribution in [1.82, 2.24) is 39.7 Å². The first-order valence-electron chi connectivity index (χ1n) is 9.49. The van der Waals surface area contributed by atoms with Crippen LogP contribution in [0.1, 0.15) is 11.9 Å². The molecular weight excluding hydrogens is 373 g/mol. The standard InChI is InChI=1S/C19H21FN9/c1-28(2)19-14(8-22-19)29-13-7-11(20)3-4-12(13)27-15(29)5-6-21-17-16-18(24-9-23-16)26-10-25-17/h3-4,7,9-10,14,19H,5-6,8H2,1-2H3,(H2,21,23,24,25,26). The Morgan fingerprint density at radius 3 is 2.97 bits per heavy atom. The van der Waals surface area contributed by atoms with Gasteiger partial charge in [-0.1, -0.05) is 0 Å². The number of hydrogen-bond donors (Lipinski definition) is 2. The summed E-state index contributed by atoms with van der Waals surface area (Å²) < 4.78 is 16.1. The predicted octanol–water partition coefficient (Wildman–Crippen LogP) is 1.54. The maximum absolute atomic E-state index is 13.9. The molecule has 0 amide bonds. The Hall–Kier alpha value is -3.11. The van der Waals surface area contributed by atoms with Gasteiger partial charge in [0.15, 0.2) is 11.5 Å². The lowest BCUT2D eigenvalue weighted by Gasteiger charge is -2.42. The molecule has 10 heteroatoms. The van der Waals surface area contributed by atoms with Crippen LogP contribution in [-0.4, -0.2) is 67.7 Å². The summed E-state index contributed by atoms with van der Waals surface area (Å²) in [4.78, 5) is 22.5. The SMILES string of the molecule is CN(C)C1[N]CC1n1c(CCNc2ncnc3[nH]cnc23)nc2ccc(F)cc21. The van der Waals surface area contributed by atoms with Crippen LogP contribution in [0.5, 0.6) is 0 Å². The molecule has 1 aromatic carbocycles. The Morgan fingerprint density at radius 2 is 2.17 bits per heavy atom. The van der Waals surface area contributed by atoms with E-state index in [2.05, 4.69) is 40.0 Å². The second kappa shape index (κ2) is 7.05. The summed E-state index contributed by atoms with van der Waals surface area (Å²) in [6, 6.07) is 4.88. The quantitative estimate of drug-likeness (QED) is 0.514. The second-order valence-electron chi connectivity index (χ2n) is 7.34. The third-order valence-electron chi connectivity index (χ3n) is 5.27. The fraction of sp³-hybridized carbons (Fsp3) is 0.368. The van der Waals surface area contributed by atoms with Crippen molar-refractivity contribution < 1.29 is 4.39 Å². The largest absolute Gasteiger partial charge is 0.368 e. The molecule has 5 rings (SSSR count). The minimum Gasteiger partial charge on any atom is -0.368 e. The van der Waals surface area contributed by atoms with E-state index in [-0.39, 0.29) is 18.0 Å². The van der Waals surface area contributed by atoms with Gasteiger partial charge in [0, 0.05) is 19.5 Å². The first-order chi connectivity index (χ1) is 14.1. The van der Waals surface area contributed by atoms with Crippen molar-refractivity contribution in [3.63, 3.8) is 0 Å². The molecule has 4 aromatic rings. The number of nitrogens with one attached hydrogen (secondary N) is 2. The van der Waals surface area contributed by atoms with Crippen LogP contribution in [0.25, 0.3) is 22.2 Å². The number of aromatic nitrogens is 6. The molecule has 2 atom stereocenters. The highest BCUT2D eigenvalue weighted by Crippen LogP contribution is 2.30.